The molecule has 3 aromatic rings. The van der Waals surface area contributed by atoms with Crippen LogP contribution >= 0.6 is 0 Å². The van der Waals surface area contributed by atoms with E-state index in [1.165, 1.54) is 6.26 Å². The van der Waals surface area contributed by atoms with Gasteiger partial charge in [-0.2, -0.15) is 0 Å². The monoisotopic (exact) mass is 302 g/mol. The van der Waals surface area contributed by atoms with Crippen molar-refractivity contribution in [1.29, 1.82) is 5.41 Å². The topological polar surface area (TPSA) is 80.2 Å². The number of aryl methyl sites for hydroxylation is 1. The Balaban J connectivity index is 2.34. The molecule has 0 aliphatic carbocycles. The molecule has 6 nitrogen and oxygen atoms in total. The Bertz CT molecular complexity index is 999. The third-order valence-electron chi connectivity index (χ3n) is 3.37. The van der Waals surface area contributed by atoms with Crippen molar-refractivity contribution in [2.24, 2.45) is 7.05 Å². The molecule has 0 unspecified atom stereocenters. The van der Waals surface area contributed by atoms with Crippen LogP contribution in [0.25, 0.3) is 16.8 Å². The number of aromatic nitrogens is 3. The molecule has 7 heteroatoms. The van der Waals surface area contributed by atoms with Gasteiger partial charge in [-0.25, -0.2) is 13.4 Å². The number of nitrogens with one attached hydrogen (secondary N) is 1. The highest BCUT2D eigenvalue weighted by Crippen LogP contribution is 2.22. The lowest BCUT2D eigenvalue weighted by molar-refractivity contribution is 0.602. The van der Waals surface area contributed by atoms with E-state index in [2.05, 4.69) is 4.98 Å². The second-order valence-corrected chi connectivity index (χ2v) is 6.94. The first kappa shape index (κ1) is 13.6. The summed E-state index contributed by atoms with van der Waals surface area (Å²) in [5.41, 5.74) is 2.55. The second kappa shape index (κ2) is 4.56. The van der Waals surface area contributed by atoms with Crippen LogP contribution in [0.3, 0.4) is 0 Å². The van der Waals surface area contributed by atoms with E-state index in [4.69, 9.17) is 5.41 Å². The molecule has 1 aromatic carbocycles. The van der Waals surface area contributed by atoms with Gasteiger partial charge in [0.2, 0.25) is 0 Å². The van der Waals surface area contributed by atoms with E-state index in [1.54, 1.807) is 52.9 Å². The van der Waals surface area contributed by atoms with E-state index >= 15 is 0 Å². The van der Waals surface area contributed by atoms with Crippen LogP contribution in [0.5, 0.6) is 0 Å². The fraction of sp³-hybridized carbons (Fsp3) is 0.143. The number of hydrogen-bond donors (Lipinski definition) is 1. The zero-order chi connectivity index (χ0) is 15.2. The van der Waals surface area contributed by atoms with Crippen molar-refractivity contribution in [1.82, 2.24) is 14.0 Å². The van der Waals surface area contributed by atoms with Crippen LogP contribution in [0.1, 0.15) is 0 Å². The fourth-order valence-electron chi connectivity index (χ4n) is 2.25. The van der Waals surface area contributed by atoms with Gasteiger partial charge in [0.15, 0.2) is 15.3 Å². The van der Waals surface area contributed by atoms with Gasteiger partial charge >= 0.3 is 0 Å². The second-order valence-electron chi connectivity index (χ2n) is 4.92. The number of hydrogen-bond acceptors (Lipinski definition) is 4. The minimum Gasteiger partial charge on any atom is -0.333 e. The number of sulfone groups is 1. The van der Waals surface area contributed by atoms with Gasteiger partial charge in [-0.15, -0.1) is 0 Å². The average Bonchev–Trinajstić information content (AvgIpc) is 2.91. The number of benzene rings is 1. The molecule has 0 atom stereocenters. The molecular weight excluding hydrogens is 288 g/mol. The molecule has 0 fully saturated rings. The maximum absolute atomic E-state index is 11.7. The minimum absolute atomic E-state index is 0.269. The maximum atomic E-state index is 11.7. The summed E-state index contributed by atoms with van der Waals surface area (Å²) in [6.45, 7) is 0. The molecule has 1 N–H and O–H groups in total. The molecule has 108 valence electrons. The molecule has 0 spiro atoms. The summed E-state index contributed by atoms with van der Waals surface area (Å²) in [7, 11) is -1.48. The Morgan fingerprint density at radius 2 is 2.05 bits per heavy atom. The Hall–Kier alpha value is -2.41. The molecule has 3 rings (SSSR count). The highest BCUT2D eigenvalue weighted by atomic mass is 32.2. The number of fused-ring (bicyclic) bond motifs is 1. The zero-order valence-corrected chi connectivity index (χ0v) is 12.4. The highest BCUT2D eigenvalue weighted by molar-refractivity contribution is 7.90. The molecule has 0 aliphatic heterocycles. The van der Waals surface area contributed by atoms with Crippen molar-refractivity contribution in [3.05, 3.63) is 48.5 Å². The summed E-state index contributed by atoms with van der Waals surface area (Å²) in [4.78, 5) is 4.34. The lowest BCUT2D eigenvalue weighted by Gasteiger charge is -2.10. The number of imidazole rings is 1. The van der Waals surface area contributed by atoms with Crippen molar-refractivity contribution in [3.8, 4) is 11.3 Å². The van der Waals surface area contributed by atoms with Crippen LogP contribution in [0.4, 0.5) is 0 Å². The predicted octanol–water partition coefficient (Wildman–Crippen LogP) is 1.22. The molecule has 0 aliphatic rings. The van der Waals surface area contributed by atoms with Crippen LogP contribution in [0.2, 0.25) is 0 Å². The van der Waals surface area contributed by atoms with Crippen LogP contribution in [0, 0.1) is 5.41 Å². The van der Waals surface area contributed by atoms with Crippen molar-refractivity contribution in [3.63, 3.8) is 0 Å². The Kier molecular flexibility index (Phi) is 2.94. The van der Waals surface area contributed by atoms with Crippen LogP contribution in [0.15, 0.2) is 47.9 Å². The average molecular weight is 302 g/mol. The number of nitrogens with zero attached hydrogens (tertiary/aromatic N) is 3. The van der Waals surface area contributed by atoms with Gasteiger partial charge in [-0.1, -0.05) is 12.1 Å². The molecule has 0 saturated carbocycles. The summed E-state index contributed by atoms with van der Waals surface area (Å²) in [5.74, 6) is 0. The minimum atomic E-state index is -3.26. The summed E-state index contributed by atoms with van der Waals surface area (Å²) in [6.07, 6.45) is 6.21. The SMILES string of the molecule is Cn1cc(-c2cccc(S(C)(=O)=O)c2)n2cncc2c1=N. The first-order valence-electron chi connectivity index (χ1n) is 6.25. The van der Waals surface area contributed by atoms with Gasteiger partial charge in [0.1, 0.15) is 5.52 Å². The largest absolute Gasteiger partial charge is 0.333 e. The lowest BCUT2D eigenvalue weighted by atomic mass is 10.1. The first-order valence-corrected chi connectivity index (χ1v) is 8.14. The Morgan fingerprint density at radius 1 is 1.29 bits per heavy atom. The molecule has 0 radical (unpaired) electrons. The van der Waals surface area contributed by atoms with E-state index in [0.717, 1.165) is 11.3 Å². The van der Waals surface area contributed by atoms with E-state index in [0.29, 0.717) is 11.0 Å². The lowest BCUT2D eigenvalue weighted by Crippen LogP contribution is -2.19. The van der Waals surface area contributed by atoms with E-state index in [-0.39, 0.29) is 4.90 Å². The molecule has 21 heavy (non-hydrogen) atoms. The fourth-order valence-corrected chi connectivity index (χ4v) is 2.92. The Morgan fingerprint density at radius 3 is 2.76 bits per heavy atom. The van der Waals surface area contributed by atoms with Crippen molar-refractivity contribution in [2.75, 3.05) is 6.26 Å². The molecule has 0 bridgehead atoms. The van der Waals surface area contributed by atoms with Crippen LogP contribution < -0.4 is 5.49 Å². The van der Waals surface area contributed by atoms with E-state index in [1.807, 2.05) is 6.07 Å². The molecule has 2 aromatic heterocycles. The van der Waals surface area contributed by atoms with Crippen molar-refractivity contribution >= 4 is 15.4 Å². The van der Waals surface area contributed by atoms with Gasteiger partial charge in [-0.3, -0.25) is 9.81 Å². The summed E-state index contributed by atoms with van der Waals surface area (Å²) in [5, 5.41) is 8.01. The summed E-state index contributed by atoms with van der Waals surface area (Å²) < 4.78 is 26.9. The Labute approximate surface area is 121 Å². The first-order chi connectivity index (χ1) is 9.88. The highest BCUT2D eigenvalue weighted by Gasteiger charge is 2.11. The predicted molar refractivity (Wildman–Crippen MR) is 78.6 cm³/mol. The van der Waals surface area contributed by atoms with Crippen molar-refractivity contribution < 1.29 is 8.42 Å². The van der Waals surface area contributed by atoms with Crippen LogP contribution in [-0.4, -0.2) is 28.6 Å². The van der Waals surface area contributed by atoms with Gasteiger partial charge in [0.25, 0.3) is 0 Å². The van der Waals surface area contributed by atoms with Gasteiger partial charge in [-0.05, 0) is 12.1 Å². The quantitative estimate of drug-likeness (QED) is 0.773. The maximum Gasteiger partial charge on any atom is 0.175 e. The van der Waals surface area contributed by atoms with Gasteiger partial charge in [0.05, 0.1) is 23.1 Å². The van der Waals surface area contributed by atoms with Crippen molar-refractivity contribution in [2.45, 2.75) is 4.90 Å². The zero-order valence-electron chi connectivity index (χ0n) is 11.6. The molecule has 2 heterocycles. The standard InChI is InChI=1S/C14H14N4O2S/c1-17-8-13(18-9-16-7-12(18)14(17)15)10-4-3-5-11(6-10)21(2,19)20/h3-9,15H,1-2H3. The molecule has 0 saturated heterocycles. The van der Waals surface area contributed by atoms with Gasteiger partial charge < -0.3 is 4.57 Å². The summed E-state index contributed by atoms with van der Waals surface area (Å²) in [6, 6.07) is 6.76. The van der Waals surface area contributed by atoms with E-state index in [9.17, 15) is 8.42 Å². The smallest absolute Gasteiger partial charge is 0.175 e. The number of rotatable bonds is 2. The normalized spacial score (nSPS) is 11.9. The van der Waals surface area contributed by atoms with Crippen LogP contribution in [-0.2, 0) is 16.9 Å². The third-order valence-corrected chi connectivity index (χ3v) is 4.48. The van der Waals surface area contributed by atoms with Gasteiger partial charge in [0, 0.05) is 25.1 Å². The molecule has 0 amide bonds. The van der Waals surface area contributed by atoms with E-state index < -0.39 is 9.84 Å². The third kappa shape index (κ3) is 2.25. The summed E-state index contributed by atoms with van der Waals surface area (Å²) >= 11 is 0. The molecular formula is C14H14N4O2S.